The molecule has 1 aliphatic heterocycles. The first-order valence-corrected chi connectivity index (χ1v) is 6.40. The van der Waals surface area contributed by atoms with Crippen LogP contribution in [0.4, 0.5) is 0 Å². The monoisotopic (exact) mass is 256 g/mol. The van der Waals surface area contributed by atoms with Gasteiger partial charge in [-0.15, -0.1) is 0 Å². The Bertz CT molecular complexity index is 263. The van der Waals surface area contributed by atoms with Gasteiger partial charge in [0.25, 0.3) is 0 Å². The van der Waals surface area contributed by atoms with E-state index in [-0.39, 0.29) is 6.61 Å². The van der Waals surface area contributed by atoms with E-state index in [0.29, 0.717) is 0 Å². The first-order valence-electron chi connectivity index (χ1n) is 4.79. The fourth-order valence-corrected chi connectivity index (χ4v) is 2.63. The number of aliphatic hydroxyl groups is 2. The Morgan fingerprint density at radius 2 is 2.00 bits per heavy atom. The van der Waals surface area contributed by atoms with Crippen LogP contribution in [0.15, 0.2) is 0 Å². The molecule has 96 valence electrons. The topological polar surface area (TPSA) is 94.5 Å². The minimum Gasteiger partial charge on any atom is -0.388 e. The van der Waals surface area contributed by atoms with E-state index in [1.54, 1.807) is 6.92 Å². The van der Waals surface area contributed by atoms with Crippen LogP contribution in [0, 0.1) is 0 Å². The SMILES string of the molecule is COP(=O)(OC)[C@H](O)[C@@H]1OC(C)OC[C@H]1O. The molecule has 1 fully saturated rings. The molecule has 7 nitrogen and oxygen atoms in total. The van der Waals surface area contributed by atoms with Crippen LogP contribution >= 0.6 is 7.60 Å². The Labute approximate surface area is 93.8 Å². The zero-order valence-corrected chi connectivity index (χ0v) is 10.3. The molecule has 0 spiro atoms. The molecule has 0 saturated carbocycles. The average molecular weight is 256 g/mol. The van der Waals surface area contributed by atoms with Crippen molar-refractivity contribution in [2.24, 2.45) is 0 Å². The molecule has 0 aromatic carbocycles. The Hall–Kier alpha value is -0.0100. The predicted molar refractivity (Wildman–Crippen MR) is 53.9 cm³/mol. The van der Waals surface area contributed by atoms with Gasteiger partial charge in [-0.1, -0.05) is 0 Å². The average Bonchev–Trinajstić information content (AvgIpc) is 2.30. The minimum absolute atomic E-state index is 0.00365. The van der Waals surface area contributed by atoms with Crippen LogP contribution in [0.5, 0.6) is 0 Å². The van der Waals surface area contributed by atoms with Gasteiger partial charge < -0.3 is 28.7 Å². The van der Waals surface area contributed by atoms with Crippen LogP contribution in [-0.4, -0.2) is 55.4 Å². The lowest BCUT2D eigenvalue weighted by Crippen LogP contribution is -2.49. The highest BCUT2D eigenvalue weighted by Gasteiger charge is 2.45. The molecule has 16 heavy (non-hydrogen) atoms. The minimum atomic E-state index is -3.69. The molecule has 2 N–H and O–H groups in total. The van der Waals surface area contributed by atoms with Gasteiger partial charge in [0.1, 0.15) is 12.2 Å². The summed E-state index contributed by atoms with van der Waals surface area (Å²) < 4.78 is 31.3. The van der Waals surface area contributed by atoms with E-state index < -0.39 is 31.9 Å². The maximum Gasteiger partial charge on any atom is 0.361 e. The lowest BCUT2D eigenvalue weighted by molar-refractivity contribution is -0.257. The van der Waals surface area contributed by atoms with Crippen LogP contribution in [0.3, 0.4) is 0 Å². The standard InChI is InChI=1S/C8H17O7P/c1-5-14-4-6(9)7(15-5)8(10)16(11,12-2)13-3/h5-10H,4H2,1-3H3/t5?,6-,7-,8+/m1/s1. The Morgan fingerprint density at radius 1 is 1.44 bits per heavy atom. The fourth-order valence-electron chi connectivity index (χ4n) is 1.42. The van der Waals surface area contributed by atoms with Gasteiger partial charge >= 0.3 is 7.60 Å². The largest absolute Gasteiger partial charge is 0.388 e. The number of ether oxygens (including phenoxy) is 2. The maximum atomic E-state index is 11.9. The Kier molecular flexibility index (Phi) is 4.88. The van der Waals surface area contributed by atoms with Gasteiger partial charge in [0.15, 0.2) is 12.1 Å². The molecule has 0 bridgehead atoms. The van der Waals surface area contributed by atoms with Gasteiger partial charge in [0, 0.05) is 14.2 Å². The summed E-state index contributed by atoms with van der Waals surface area (Å²) in [5.74, 6) is -1.55. The summed E-state index contributed by atoms with van der Waals surface area (Å²) in [6.45, 7) is 1.60. The molecule has 1 unspecified atom stereocenters. The van der Waals surface area contributed by atoms with Gasteiger partial charge in [0.2, 0.25) is 0 Å². The molecule has 1 saturated heterocycles. The molecule has 0 aliphatic carbocycles. The highest BCUT2D eigenvalue weighted by Crippen LogP contribution is 2.52. The highest BCUT2D eigenvalue weighted by molar-refractivity contribution is 7.54. The molecule has 1 rings (SSSR count). The van der Waals surface area contributed by atoms with Crippen molar-refractivity contribution in [1.29, 1.82) is 0 Å². The summed E-state index contributed by atoms with van der Waals surface area (Å²) in [4.78, 5) is 0. The van der Waals surface area contributed by atoms with E-state index in [1.807, 2.05) is 0 Å². The molecular weight excluding hydrogens is 239 g/mol. The van der Waals surface area contributed by atoms with Crippen LogP contribution in [0.1, 0.15) is 6.92 Å². The first kappa shape index (κ1) is 14.1. The zero-order chi connectivity index (χ0) is 12.3. The summed E-state index contributed by atoms with van der Waals surface area (Å²) in [7, 11) is -1.38. The summed E-state index contributed by atoms with van der Waals surface area (Å²) in [6, 6.07) is 0. The van der Waals surface area contributed by atoms with Gasteiger partial charge in [-0.05, 0) is 6.92 Å². The molecule has 4 atom stereocenters. The van der Waals surface area contributed by atoms with Gasteiger partial charge in [0.05, 0.1) is 6.61 Å². The van der Waals surface area contributed by atoms with Crippen molar-refractivity contribution in [2.75, 3.05) is 20.8 Å². The molecule has 0 radical (unpaired) electrons. The normalized spacial score (nSPS) is 33.7. The van der Waals surface area contributed by atoms with E-state index in [9.17, 15) is 14.8 Å². The third-order valence-electron chi connectivity index (χ3n) is 2.36. The maximum absolute atomic E-state index is 11.9. The molecule has 1 heterocycles. The van der Waals surface area contributed by atoms with Gasteiger partial charge in [-0.25, -0.2) is 0 Å². The van der Waals surface area contributed by atoms with Crippen molar-refractivity contribution in [1.82, 2.24) is 0 Å². The third-order valence-corrected chi connectivity index (χ3v) is 4.32. The van der Waals surface area contributed by atoms with Gasteiger partial charge in [-0.2, -0.15) is 0 Å². The van der Waals surface area contributed by atoms with Crippen molar-refractivity contribution < 1.29 is 33.3 Å². The number of rotatable bonds is 4. The molecular formula is C8H17O7P. The first-order chi connectivity index (χ1) is 7.44. The van der Waals surface area contributed by atoms with Crippen molar-refractivity contribution in [3.63, 3.8) is 0 Å². The van der Waals surface area contributed by atoms with Crippen molar-refractivity contribution >= 4 is 7.60 Å². The van der Waals surface area contributed by atoms with Crippen LogP contribution in [-0.2, 0) is 23.1 Å². The van der Waals surface area contributed by atoms with Crippen molar-refractivity contribution in [3.05, 3.63) is 0 Å². The number of hydrogen-bond donors (Lipinski definition) is 2. The smallest absolute Gasteiger partial charge is 0.361 e. The summed E-state index contributed by atoms with van der Waals surface area (Å²) in [5, 5.41) is 19.4. The zero-order valence-electron chi connectivity index (χ0n) is 9.40. The molecule has 8 heteroatoms. The second-order valence-corrected chi connectivity index (χ2v) is 5.73. The quantitative estimate of drug-likeness (QED) is 0.679. The van der Waals surface area contributed by atoms with E-state index in [4.69, 9.17) is 9.47 Å². The predicted octanol–water partition coefficient (Wildman–Crippen LogP) is -0.0870. The van der Waals surface area contributed by atoms with Crippen LogP contribution < -0.4 is 0 Å². The van der Waals surface area contributed by atoms with Gasteiger partial charge in [-0.3, -0.25) is 4.57 Å². The number of hydrogen-bond acceptors (Lipinski definition) is 7. The molecule has 0 amide bonds. The summed E-state index contributed by atoms with van der Waals surface area (Å²) in [6.07, 6.45) is -2.73. The lowest BCUT2D eigenvalue weighted by atomic mass is 10.2. The van der Waals surface area contributed by atoms with Crippen LogP contribution in [0.2, 0.25) is 0 Å². The fraction of sp³-hybridized carbons (Fsp3) is 1.00. The van der Waals surface area contributed by atoms with E-state index in [0.717, 1.165) is 14.2 Å². The summed E-state index contributed by atoms with van der Waals surface area (Å²) >= 11 is 0. The van der Waals surface area contributed by atoms with E-state index in [1.165, 1.54) is 0 Å². The number of aliphatic hydroxyl groups excluding tert-OH is 2. The van der Waals surface area contributed by atoms with Crippen molar-refractivity contribution in [2.45, 2.75) is 31.3 Å². The second-order valence-electron chi connectivity index (χ2n) is 3.39. The summed E-state index contributed by atoms with van der Waals surface area (Å²) in [5.41, 5.74) is 0. The second kappa shape index (κ2) is 5.55. The molecule has 0 aromatic heterocycles. The Balaban J connectivity index is 2.78. The van der Waals surface area contributed by atoms with Crippen molar-refractivity contribution in [3.8, 4) is 0 Å². The molecule has 0 aromatic rings. The third kappa shape index (κ3) is 2.81. The van der Waals surface area contributed by atoms with E-state index >= 15 is 0 Å². The molecule has 1 aliphatic rings. The van der Waals surface area contributed by atoms with Crippen LogP contribution in [0.25, 0.3) is 0 Å². The Morgan fingerprint density at radius 3 is 2.50 bits per heavy atom. The highest BCUT2D eigenvalue weighted by atomic mass is 31.2. The van der Waals surface area contributed by atoms with E-state index in [2.05, 4.69) is 9.05 Å². The lowest BCUT2D eigenvalue weighted by Gasteiger charge is -2.36.